The second kappa shape index (κ2) is 10.3. The Bertz CT molecular complexity index is 1060. The molecule has 2 aromatic carbocycles. The molecule has 154 valence electrons. The maximum atomic E-state index is 5.93. The molecule has 2 aromatic heterocycles. The zero-order chi connectivity index (χ0) is 19.9. The third-order valence-corrected chi connectivity index (χ3v) is 4.28. The number of nitrogens with one attached hydrogen (secondary N) is 1. The van der Waals surface area contributed by atoms with Crippen molar-refractivity contribution in [2.45, 2.75) is 13.1 Å². The van der Waals surface area contributed by atoms with Crippen LogP contribution in [0.15, 0.2) is 73.1 Å². The minimum atomic E-state index is 0. The summed E-state index contributed by atoms with van der Waals surface area (Å²) in [4.78, 5) is 4.03. The van der Waals surface area contributed by atoms with Crippen molar-refractivity contribution in [3.8, 4) is 23.2 Å². The van der Waals surface area contributed by atoms with Crippen molar-refractivity contribution >= 4 is 12.4 Å². The van der Waals surface area contributed by atoms with Crippen LogP contribution in [0.2, 0.25) is 0 Å². The fraction of sp³-hybridized carbons (Fsp3) is 0.143. The number of methoxy groups -OCH3 is 1. The molecule has 0 amide bonds. The molecule has 4 aromatic rings. The van der Waals surface area contributed by atoms with E-state index < -0.39 is 0 Å². The van der Waals surface area contributed by atoms with Gasteiger partial charge in [-0.15, -0.1) is 12.4 Å². The number of rotatable bonds is 8. The number of aromatic nitrogens is 5. The second-order valence-electron chi connectivity index (χ2n) is 6.26. The zero-order valence-electron chi connectivity index (χ0n) is 16.3. The summed E-state index contributed by atoms with van der Waals surface area (Å²) in [5, 5.41) is 15.1. The molecule has 0 unspecified atom stereocenters. The van der Waals surface area contributed by atoms with Gasteiger partial charge in [0.25, 0.3) is 0 Å². The van der Waals surface area contributed by atoms with Gasteiger partial charge in [0.1, 0.15) is 0 Å². The molecule has 2 heterocycles. The highest BCUT2D eigenvalue weighted by Crippen LogP contribution is 2.32. The predicted octanol–water partition coefficient (Wildman–Crippen LogP) is 3.57. The zero-order valence-corrected chi connectivity index (χ0v) is 17.1. The maximum absolute atomic E-state index is 5.93. The van der Waals surface area contributed by atoms with Crippen LogP contribution in [-0.4, -0.2) is 32.3 Å². The predicted molar refractivity (Wildman–Crippen MR) is 114 cm³/mol. The quantitative estimate of drug-likeness (QED) is 0.462. The molecule has 4 rings (SSSR count). The van der Waals surface area contributed by atoms with E-state index >= 15 is 0 Å². The molecule has 8 nitrogen and oxygen atoms in total. The Kier molecular flexibility index (Phi) is 7.31. The Morgan fingerprint density at radius 1 is 0.900 bits per heavy atom. The molecule has 0 saturated heterocycles. The number of hydrogen-bond acceptors (Lipinski definition) is 7. The van der Waals surface area contributed by atoms with E-state index in [2.05, 4.69) is 25.8 Å². The number of tetrazole rings is 1. The van der Waals surface area contributed by atoms with Gasteiger partial charge >= 0.3 is 6.01 Å². The monoisotopic (exact) mass is 424 g/mol. The molecule has 0 spiro atoms. The third-order valence-electron chi connectivity index (χ3n) is 4.28. The van der Waals surface area contributed by atoms with Crippen LogP contribution >= 0.6 is 12.4 Å². The number of benzene rings is 2. The van der Waals surface area contributed by atoms with Gasteiger partial charge in [0.05, 0.1) is 12.8 Å². The maximum Gasteiger partial charge on any atom is 0.346 e. The van der Waals surface area contributed by atoms with Crippen LogP contribution < -0.4 is 14.8 Å². The number of ether oxygens (including phenoxy) is 2. The SMILES string of the molecule is COc1cc(CNCc2ccncc2)ccc1Oc1nnnn1-c1ccccc1.Cl. The van der Waals surface area contributed by atoms with Gasteiger partial charge in [-0.3, -0.25) is 4.98 Å². The van der Waals surface area contributed by atoms with Crippen molar-refractivity contribution in [3.63, 3.8) is 0 Å². The van der Waals surface area contributed by atoms with Gasteiger partial charge in [-0.1, -0.05) is 29.4 Å². The summed E-state index contributed by atoms with van der Waals surface area (Å²) in [5.74, 6) is 1.15. The highest BCUT2D eigenvalue weighted by molar-refractivity contribution is 5.85. The minimum Gasteiger partial charge on any atom is -0.493 e. The van der Waals surface area contributed by atoms with E-state index in [-0.39, 0.29) is 18.4 Å². The van der Waals surface area contributed by atoms with Crippen molar-refractivity contribution in [3.05, 3.63) is 84.2 Å². The standard InChI is InChI=1S/C21H20N6O2.ClH/c1-28-20-13-17(15-23-14-16-9-11-22-12-10-16)7-8-19(20)29-21-24-25-26-27(21)18-5-3-2-4-6-18;/h2-13,23H,14-15H2,1H3;1H. The Hall–Kier alpha value is -3.49. The first-order valence-electron chi connectivity index (χ1n) is 9.11. The van der Waals surface area contributed by atoms with Gasteiger partial charge in [0, 0.05) is 25.5 Å². The van der Waals surface area contributed by atoms with Crippen molar-refractivity contribution < 1.29 is 9.47 Å². The van der Waals surface area contributed by atoms with Crippen molar-refractivity contribution in [2.24, 2.45) is 0 Å². The Labute approximate surface area is 180 Å². The topological polar surface area (TPSA) is 87.0 Å². The molecule has 0 aliphatic carbocycles. The number of pyridine rings is 1. The number of nitrogens with zero attached hydrogens (tertiary/aromatic N) is 5. The van der Waals surface area contributed by atoms with Crippen molar-refractivity contribution in [1.29, 1.82) is 0 Å². The van der Waals surface area contributed by atoms with Crippen LogP contribution in [0.3, 0.4) is 0 Å². The van der Waals surface area contributed by atoms with Crippen molar-refractivity contribution in [2.75, 3.05) is 7.11 Å². The van der Waals surface area contributed by atoms with Crippen molar-refractivity contribution in [1.82, 2.24) is 30.5 Å². The van der Waals surface area contributed by atoms with Gasteiger partial charge in [-0.05, 0) is 58.0 Å². The van der Waals surface area contributed by atoms with Gasteiger partial charge in [-0.2, -0.15) is 4.68 Å². The number of halogens is 1. The van der Waals surface area contributed by atoms with Crippen LogP contribution in [0.25, 0.3) is 5.69 Å². The Morgan fingerprint density at radius 3 is 2.43 bits per heavy atom. The van der Waals surface area contributed by atoms with Gasteiger partial charge in [-0.25, -0.2) is 0 Å². The summed E-state index contributed by atoms with van der Waals surface area (Å²) in [6, 6.07) is 19.6. The molecule has 0 aliphatic heterocycles. The first-order chi connectivity index (χ1) is 14.3. The molecular weight excluding hydrogens is 404 g/mol. The van der Waals surface area contributed by atoms with E-state index in [0.717, 1.165) is 17.8 Å². The summed E-state index contributed by atoms with van der Waals surface area (Å²) in [7, 11) is 1.61. The lowest BCUT2D eigenvalue weighted by Gasteiger charge is -2.12. The van der Waals surface area contributed by atoms with Crippen LogP contribution in [0.1, 0.15) is 11.1 Å². The van der Waals surface area contributed by atoms with E-state index in [4.69, 9.17) is 9.47 Å². The molecule has 0 aliphatic rings. The summed E-state index contributed by atoms with van der Waals surface area (Å²) >= 11 is 0. The van der Waals surface area contributed by atoms with E-state index in [9.17, 15) is 0 Å². The molecule has 0 bridgehead atoms. The van der Waals surface area contributed by atoms with Gasteiger partial charge in [0.15, 0.2) is 11.5 Å². The minimum absolute atomic E-state index is 0. The lowest BCUT2D eigenvalue weighted by atomic mass is 10.2. The summed E-state index contributed by atoms with van der Waals surface area (Å²) in [5.41, 5.74) is 3.06. The summed E-state index contributed by atoms with van der Waals surface area (Å²) in [6.45, 7) is 1.45. The highest BCUT2D eigenvalue weighted by Gasteiger charge is 2.14. The van der Waals surface area contributed by atoms with Crippen LogP contribution in [-0.2, 0) is 13.1 Å². The Balaban J connectivity index is 0.00000256. The molecule has 0 radical (unpaired) electrons. The molecular formula is C21H21ClN6O2. The summed E-state index contributed by atoms with van der Waals surface area (Å²) < 4.78 is 13.0. The number of para-hydroxylation sites is 1. The van der Waals surface area contributed by atoms with Crippen LogP contribution in [0.5, 0.6) is 17.5 Å². The first kappa shape index (κ1) is 21.2. The molecule has 9 heteroatoms. The average molecular weight is 425 g/mol. The Morgan fingerprint density at radius 2 is 1.67 bits per heavy atom. The molecule has 0 saturated carbocycles. The smallest absolute Gasteiger partial charge is 0.346 e. The molecule has 0 fully saturated rings. The normalized spacial score (nSPS) is 10.3. The largest absolute Gasteiger partial charge is 0.493 e. The van der Waals surface area contributed by atoms with Crippen LogP contribution in [0.4, 0.5) is 0 Å². The van der Waals surface area contributed by atoms with Gasteiger partial charge in [0.2, 0.25) is 0 Å². The second-order valence-corrected chi connectivity index (χ2v) is 6.26. The summed E-state index contributed by atoms with van der Waals surface area (Å²) in [6.07, 6.45) is 3.57. The van der Waals surface area contributed by atoms with E-state index in [1.54, 1.807) is 19.5 Å². The first-order valence-corrected chi connectivity index (χ1v) is 9.11. The van der Waals surface area contributed by atoms with Crippen LogP contribution in [0, 0.1) is 0 Å². The molecule has 30 heavy (non-hydrogen) atoms. The lowest BCUT2D eigenvalue weighted by Crippen LogP contribution is -2.12. The highest BCUT2D eigenvalue weighted by atomic mass is 35.5. The number of hydrogen-bond donors (Lipinski definition) is 1. The van der Waals surface area contributed by atoms with Gasteiger partial charge < -0.3 is 14.8 Å². The van der Waals surface area contributed by atoms with E-state index in [1.807, 2.05) is 60.7 Å². The molecule has 1 N–H and O–H groups in total. The average Bonchev–Trinajstić information content (AvgIpc) is 3.24. The molecule has 0 atom stereocenters. The fourth-order valence-corrected chi connectivity index (χ4v) is 2.83. The van der Waals surface area contributed by atoms with E-state index in [1.165, 1.54) is 10.2 Å². The fourth-order valence-electron chi connectivity index (χ4n) is 2.83. The lowest BCUT2D eigenvalue weighted by molar-refractivity contribution is 0.362. The van der Waals surface area contributed by atoms with E-state index in [0.29, 0.717) is 18.0 Å². The third kappa shape index (κ3) is 5.11.